The Morgan fingerprint density at radius 3 is 2.19 bits per heavy atom. The Morgan fingerprint density at radius 2 is 1.59 bits per heavy atom. The second-order valence-electron chi connectivity index (χ2n) is 9.04. The van der Waals surface area contributed by atoms with Crippen LogP contribution in [0.3, 0.4) is 0 Å². The third-order valence-corrected chi connectivity index (χ3v) is 6.96. The van der Waals surface area contributed by atoms with Gasteiger partial charge in [-0.1, -0.05) is 69.3 Å². The number of benzene rings is 3. The standard InChI is InChI=1S/C26H29NO4S/c1-26(2,3)24-16-22(30-17-23-18-31-23)14-15-25(24)27(21-12-8-5-9-13-21)32(28,29)19-20-10-6-4-7-11-20/h4-16,23H,17-19H2,1-3H3. The smallest absolute Gasteiger partial charge is 0.243 e. The predicted molar refractivity (Wildman–Crippen MR) is 128 cm³/mol. The molecule has 1 unspecified atom stereocenters. The van der Waals surface area contributed by atoms with Crippen molar-refractivity contribution >= 4 is 21.4 Å². The van der Waals surface area contributed by atoms with Crippen molar-refractivity contribution in [2.75, 3.05) is 17.5 Å². The Bertz CT molecular complexity index is 1150. The first-order chi connectivity index (χ1) is 15.2. The molecule has 5 nitrogen and oxygen atoms in total. The Labute approximate surface area is 190 Å². The van der Waals surface area contributed by atoms with E-state index < -0.39 is 10.0 Å². The molecule has 1 fully saturated rings. The van der Waals surface area contributed by atoms with Crippen molar-refractivity contribution in [3.05, 3.63) is 90.0 Å². The lowest BCUT2D eigenvalue weighted by atomic mass is 9.85. The number of nitrogens with zero attached hydrogens (tertiary/aromatic N) is 1. The van der Waals surface area contributed by atoms with Crippen molar-refractivity contribution in [1.29, 1.82) is 0 Å². The molecule has 0 saturated carbocycles. The van der Waals surface area contributed by atoms with Crippen LogP contribution < -0.4 is 9.04 Å². The van der Waals surface area contributed by atoms with Gasteiger partial charge >= 0.3 is 0 Å². The Morgan fingerprint density at radius 1 is 0.969 bits per heavy atom. The van der Waals surface area contributed by atoms with Crippen LogP contribution in [-0.4, -0.2) is 27.7 Å². The highest BCUT2D eigenvalue weighted by Crippen LogP contribution is 2.40. The van der Waals surface area contributed by atoms with Crippen molar-refractivity contribution in [3.63, 3.8) is 0 Å². The van der Waals surface area contributed by atoms with Gasteiger partial charge in [-0.05, 0) is 46.9 Å². The zero-order valence-electron chi connectivity index (χ0n) is 18.7. The molecule has 1 aliphatic heterocycles. The lowest BCUT2D eigenvalue weighted by Crippen LogP contribution is -2.30. The molecule has 168 valence electrons. The fourth-order valence-electron chi connectivity index (χ4n) is 3.60. The molecule has 1 saturated heterocycles. The first kappa shape index (κ1) is 22.4. The highest BCUT2D eigenvalue weighted by molar-refractivity contribution is 7.92. The molecule has 0 N–H and O–H groups in total. The maximum absolute atomic E-state index is 13.8. The molecule has 6 heteroatoms. The summed E-state index contributed by atoms with van der Waals surface area (Å²) in [5.74, 6) is 0.617. The summed E-state index contributed by atoms with van der Waals surface area (Å²) in [7, 11) is -3.72. The summed E-state index contributed by atoms with van der Waals surface area (Å²) in [5, 5.41) is 0. The molecular formula is C26H29NO4S. The maximum atomic E-state index is 13.8. The molecule has 1 heterocycles. The normalized spacial score (nSPS) is 15.9. The molecule has 3 aromatic carbocycles. The van der Waals surface area contributed by atoms with E-state index in [0.29, 0.717) is 23.7 Å². The highest BCUT2D eigenvalue weighted by Gasteiger charge is 2.31. The SMILES string of the molecule is CC(C)(C)c1cc(OCC2CO2)ccc1N(c1ccccc1)S(=O)(=O)Cc1ccccc1. The monoisotopic (exact) mass is 451 g/mol. The summed E-state index contributed by atoms with van der Waals surface area (Å²) >= 11 is 0. The van der Waals surface area contributed by atoms with Crippen LogP contribution >= 0.6 is 0 Å². The van der Waals surface area contributed by atoms with Gasteiger partial charge in [-0.3, -0.25) is 0 Å². The molecular weight excluding hydrogens is 422 g/mol. The summed E-state index contributed by atoms with van der Waals surface area (Å²) in [6.07, 6.45) is 0.153. The zero-order chi connectivity index (χ0) is 22.8. The van der Waals surface area contributed by atoms with E-state index in [1.54, 1.807) is 0 Å². The van der Waals surface area contributed by atoms with Crippen LogP contribution in [0, 0.1) is 0 Å². The number of sulfonamides is 1. The average molecular weight is 452 g/mol. The van der Waals surface area contributed by atoms with Gasteiger partial charge in [0, 0.05) is 0 Å². The molecule has 0 amide bonds. The van der Waals surface area contributed by atoms with Crippen LogP contribution in [0.4, 0.5) is 11.4 Å². The zero-order valence-corrected chi connectivity index (χ0v) is 19.5. The van der Waals surface area contributed by atoms with Crippen LogP contribution in [0.5, 0.6) is 5.75 Å². The van der Waals surface area contributed by atoms with Crippen molar-refractivity contribution in [2.24, 2.45) is 0 Å². The van der Waals surface area contributed by atoms with Crippen LogP contribution in [0.1, 0.15) is 31.9 Å². The topological polar surface area (TPSA) is 59.1 Å². The van der Waals surface area contributed by atoms with Crippen molar-refractivity contribution < 1.29 is 17.9 Å². The van der Waals surface area contributed by atoms with Crippen LogP contribution in [0.2, 0.25) is 0 Å². The maximum Gasteiger partial charge on any atom is 0.243 e. The van der Waals surface area contributed by atoms with Crippen molar-refractivity contribution in [2.45, 2.75) is 38.0 Å². The lowest BCUT2D eigenvalue weighted by molar-refractivity contribution is 0.262. The van der Waals surface area contributed by atoms with Crippen LogP contribution in [0.25, 0.3) is 0 Å². The molecule has 0 bridgehead atoms. The van der Waals surface area contributed by atoms with E-state index in [-0.39, 0.29) is 17.3 Å². The lowest BCUT2D eigenvalue weighted by Gasteiger charge is -2.31. The summed E-state index contributed by atoms with van der Waals surface area (Å²) in [4.78, 5) is 0. The molecule has 1 atom stereocenters. The van der Waals surface area contributed by atoms with Crippen molar-refractivity contribution in [3.8, 4) is 5.75 Å². The van der Waals surface area contributed by atoms with Gasteiger partial charge in [0.2, 0.25) is 10.0 Å². The minimum Gasteiger partial charge on any atom is -0.491 e. The van der Waals surface area contributed by atoms with Crippen LogP contribution in [-0.2, 0) is 25.9 Å². The molecule has 3 aromatic rings. The number of hydrogen-bond acceptors (Lipinski definition) is 4. The first-order valence-electron chi connectivity index (χ1n) is 10.7. The van der Waals surface area contributed by atoms with E-state index in [1.807, 2.05) is 78.9 Å². The summed E-state index contributed by atoms with van der Waals surface area (Å²) < 4.78 is 40.1. The molecule has 0 radical (unpaired) electrons. The number of ether oxygens (including phenoxy) is 2. The number of para-hydroxylation sites is 1. The van der Waals surface area contributed by atoms with Gasteiger partial charge in [-0.2, -0.15) is 0 Å². The fourth-order valence-corrected chi connectivity index (χ4v) is 5.24. The molecule has 1 aliphatic rings. The molecule has 0 aromatic heterocycles. The van der Waals surface area contributed by atoms with E-state index in [2.05, 4.69) is 20.8 Å². The largest absolute Gasteiger partial charge is 0.491 e. The van der Waals surface area contributed by atoms with Gasteiger partial charge in [-0.15, -0.1) is 0 Å². The van der Waals surface area contributed by atoms with E-state index >= 15 is 0 Å². The second-order valence-corrected chi connectivity index (χ2v) is 10.9. The highest BCUT2D eigenvalue weighted by atomic mass is 32.2. The molecule has 32 heavy (non-hydrogen) atoms. The van der Waals surface area contributed by atoms with Crippen LogP contribution in [0.15, 0.2) is 78.9 Å². The fraction of sp³-hybridized carbons (Fsp3) is 0.308. The molecule has 0 spiro atoms. The Hall–Kier alpha value is -2.83. The van der Waals surface area contributed by atoms with Gasteiger partial charge in [0.15, 0.2) is 0 Å². The minimum atomic E-state index is -3.72. The molecule has 4 rings (SSSR count). The van der Waals surface area contributed by atoms with E-state index in [1.165, 1.54) is 4.31 Å². The third kappa shape index (κ3) is 5.31. The van der Waals surface area contributed by atoms with E-state index in [9.17, 15) is 8.42 Å². The Kier molecular flexibility index (Phi) is 6.26. The Balaban J connectivity index is 1.80. The van der Waals surface area contributed by atoms with E-state index in [4.69, 9.17) is 9.47 Å². The number of anilines is 2. The minimum absolute atomic E-state index is 0.0937. The van der Waals surface area contributed by atoms with E-state index in [0.717, 1.165) is 17.7 Å². The number of rotatable bonds is 8. The third-order valence-electron chi connectivity index (χ3n) is 5.29. The number of epoxide rings is 1. The summed E-state index contributed by atoms with van der Waals surface area (Å²) in [6, 6.07) is 24.1. The first-order valence-corrected chi connectivity index (χ1v) is 12.4. The molecule has 0 aliphatic carbocycles. The predicted octanol–water partition coefficient (Wildman–Crippen LogP) is 5.43. The summed E-state index contributed by atoms with van der Waals surface area (Å²) in [5.41, 5.74) is 2.58. The average Bonchev–Trinajstić information content (AvgIpc) is 3.58. The van der Waals surface area contributed by atoms with Crippen molar-refractivity contribution in [1.82, 2.24) is 0 Å². The second kappa shape index (κ2) is 8.96. The van der Waals surface area contributed by atoms with Gasteiger partial charge in [0.05, 0.1) is 23.7 Å². The van der Waals surface area contributed by atoms with Gasteiger partial charge < -0.3 is 9.47 Å². The quantitative estimate of drug-likeness (QED) is 0.429. The van der Waals surface area contributed by atoms with Gasteiger partial charge in [0.25, 0.3) is 0 Å². The van der Waals surface area contributed by atoms with Gasteiger partial charge in [0.1, 0.15) is 18.5 Å². The summed E-state index contributed by atoms with van der Waals surface area (Å²) in [6.45, 7) is 7.45. The van der Waals surface area contributed by atoms with Gasteiger partial charge in [-0.25, -0.2) is 12.7 Å². The number of hydrogen-bond donors (Lipinski definition) is 0.